The van der Waals surface area contributed by atoms with Crippen LogP contribution in [0.1, 0.15) is 25.8 Å². The monoisotopic (exact) mass is 265 g/mol. The summed E-state index contributed by atoms with van der Waals surface area (Å²) in [5.74, 6) is -0.104. The van der Waals surface area contributed by atoms with Gasteiger partial charge < -0.3 is 14.8 Å². The Morgan fingerprint density at radius 1 is 1.21 bits per heavy atom. The molecule has 1 amide bonds. The maximum atomic E-state index is 11.4. The van der Waals surface area contributed by atoms with Crippen molar-refractivity contribution in [1.82, 2.24) is 5.32 Å². The van der Waals surface area contributed by atoms with Crippen LogP contribution in [0.15, 0.2) is 24.3 Å². The van der Waals surface area contributed by atoms with E-state index in [-0.39, 0.29) is 18.4 Å². The summed E-state index contributed by atoms with van der Waals surface area (Å²) in [5.41, 5.74) is 0.939. The van der Waals surface area contributed by atoms with Crippen molar-refractivity contribution in [1.29, 1.82) is 0 Å². The Bertz CT molecular complexity index is 426. The topological polar surface area (TPSA) is 64.6 Å². The van der Waals surface area contributed by atoms with E-state index in [1.807, 2.05) is 38.1 Å². The molecule has 0 aromatic heterocycles. The zero-order chi connectivity index (χ0) is 14.3. The first-order chi connectivity index (χ1) is 9.01. The van der Waals surface area contributed by atoms with Gasteiger partial charge in [0.1, 0.15) is 12.2 Å². The van der Waals surface area contributed by atoms with E-state index in [1.54, 1.807) is 0 Å². The Labute approximate surface area is 112 Å². The van der Waals surface area contributed by atoms with Gasteiger partial charge in [-0.15, -0.1) is 0 Å². The Hall–Kier alpha value is -2.04. The molecule has 1 aromatic carbocycles. The molecule has 0 aliphatic carbocycles. The first-order valence-electron chi connectivity index (χ1n) is 6.10. The number of methoxy groups -OCH3 is 1. The maximum Gasteiger partial charge on any atom is 0.315 e. The highest BCUT2D eigenvalue weighted by atomic mass is 16.5. The molecule has 1 aromatic rings. The Kier molecular flexibility index (Phi) is 5.85. The average molecular weight is 265 g/mol. The number of carbonyl (C=O) groups excluding carboxylic acids is 2. The molecule has 0 atom stereocenters. The van der Waals surface area contributed by atoms with E-state index in [2.05, 4.69) is 10.1 Å². The fourth-order valence-corrected chi connectivity index (χ4v) is 1.42. The van der Waals surface area contributed by atoms with Gasteiger partial charge in [-0.05, 0) is 31.5 Å². The molecule has 104 valence electrons. The lowest BCUT2D eigenvalue weighted by molar-refractivity contribution is -0.143. The third kappa shape index (κ3) is 5.90. The van der Waals surface area contributed by atoms with Gasteiger partial charge in [-0.2, -0.15) is 0 Å². The number of benzene rings is 1. The molecule has 5 nitrogen and oxygen atoms in total. The van der Waals surface area contributed by atoms with Crippen LogP contribution >= 0.6 is 0 Å². The van der Waals surface area contributed by atoms with E-state index < -0.39 is 5.97 Å². The van der Waals surface area contributed by atoms with Gasteiger partial charge in [0.2, 0.25) is 5.91 Å². The SMILES string of the molecule is COC(=O)CC(=O)NCc1ccc(OC(C)C)cc1. The molecule has 0 aliphatic rings. The summed E-state index contributed by atoms with van der Waals surface area (Å²) < 4.78 is 9.92. The lowest BCUT2D eigenvalue weighted by Gasteiger charge is -2.10. The Balaban J connectivity index is 2.41. The predicted molar refractivity (Wildman–Crippen MR) is 70.7 cm³/mol. The minimum absolute atomic E-state index is 0.130. The molecular formula is C14H19NO4. The molecule has 0 radical (unpaired) electrons. The summed E-state index contributed by atoms with van der Waals surface area (Å²) in [7, 11) is 1.25. The van der Waals surface area contributed by atoms with Crippen molar-refractivity contribution in [2.75, 3.05) is 7.11 Å². The number of esters is 1. The van der Waals surface area contributed by atoms with Gasteiger partial charge in [0, 0.05) is 6.54 Å². The molecule has 0 bridgehead atoms. The molecule has 0 heterocycles. The Morgan fingerprint density at radius 3 is 2.37 bits per heavy atom. The van der Waals surface area contributed by atoms with Gasteiger partial charge in [-0.25, -0.2) is 0 Å². The fraction of sp³-hybridized carbons (Fsp3) is 0.429. The number of carbonyl (C=O) groups is 2. The van der Waals surface area contributed by atoms with Gasteiger partial charge in [0.25, 0.3) is 0 Å². The van der Waals surface area contributed by atoms with E-state index in [4.69, 9.17) is 4.74 Å². The van der Waals surface area contributed by atoms with E-state index in [9.17, 15) is 9.59 Å². The lowest BCUT2D eigenvalue weighted by atomic mass is 10.2. The van der Waals surface area contributed by atoms with Crippen molar-refractivity contribution in [3.63, 3.8) is 0 Å². The van der Waals surface area contributed by atoms with Gasteiger partial charge in [-0.1, -0.05) is 12.1 Å². The first-order valence-corrected chi connectivity index (χ1v) is 6.10. The molecule has 5 heteroatoms. The fourth-order valence-electron chi connectivity index (χ4n) is 1.42. The number of rotatable bonds is 6. The lowest BCUT2D eigenvalue weighted by Crippen LogP contribution is -2.25. The quantitative estimate of drug-likeness (QED) is 0.627. The van der Waals surface area contributed by atoms with Crippen molar-refractivity contribution in [3.8, 4) is 5.75 Å². The third-order valence-corrected chi connectivity index (χ3v) is 2.32. The number of ether oxygens (including phenoxy) is 2. The molecule has 0 spiro atoms. The highest BCUT2D eigenvalue weighted by molar-refractivity contribution is 5.94. The van der Waals surface area contributed by atoms with E-state index >= 15 is 0 Å². The van der Waals surface area contributed by atoms with E-state index in [0.717, 1.165) is 11.3 Å². The van der Waals surface area contributed by atoms with Crippen LogP contribution in [0.4, 0.5) is 0 Å². The zero-order valence-electron chi connectivity index (χ0n) is 11.4. The number of nitrogens with one attached hydrogen (secondary N) is 1. The maximum absolute atomic E-state index is 11.4. The van der Waals surface area contributed by atoms with Crippen LogP contribution in [0.3, 0.4) is 0 Å². The minimum atomic E-state index is -0.543. The number of amides is 1. The minimum Gasteiger partial charge on any atom is -0.491 e. The molecule has 1 N–H and O–H groups in total. The third-order valence-electron chi connectivity index (χ3n) is 2.32. The summed E-state index contributed by atoms with van der Waals surface area (Å²) in [6, 6.07) is 7.44. The normalized spacial score (nSPS) is 10.1. The summed E-state index contributed by atoms with van der Waals surface area (Å²) in [6.45, 7) is 4.29. The number of hydrogen-bond donors (Lipinski definition) is 1. The van der Waals surface area contributed by atoms with Crippen LogP contribution in [0.5, 0.6) is 5.75 Å². The van der Waals surface area contributed by atoms with Gasteiger partial charge in [-0.3, -0.25) is 9.59 Å². The van der Waals surface area contributed by atoms with Crippen molar-refractivity contribution in [2.24, 2.45) is 0 Å². The molecule has 0 unspecified atom stereocenters. The molecule has 0 saturated carbocycles. The molecular weight excluding hydrogens is 246 g/mol. The average Bonchev–Trinajstić information content (AvgIpc) is 2.37. The summed E-state index contributed by atoms with van der Waals surface area (Å²) >= 11 is 0. The van der Waals surface area contributed by atoms with Crippen LogP contribution < -0.4 is 10.1 Å². The van der Waals surface area contributed by atoms with Crippen molar-refractivity contribution in [2.45, 2.75) is 32.9 Å². The molecule has 0 fully saturated rings. The second-order valence-electron chi connectivity index (χ2n) is 4.34. The highest BCUT2D eigenvalue weighted by Gasteiger charge is 2.08. The van der Waals surface area contributed by atoms with Gasteiger partial charge >= 0.3 is 5.97 Å². The predicted octanol–water partition coefficient (Wildman–Crippen LogP) is 1.65. The summed E-state index contributed by atoms with van der Waals surface area (Å²) in [4.78, 5) is 22.2. The summed E-state index contributed by atoms with van der Waals surface area (Å²) in [5, 5.41) is 2.64. The van der Waals surface area contributed by atoms with Crippen LogP contribution in [0.2, 0.25) is 0 Å². The van der Waals surface area contributed by atoms with Crippen molar-refractivity contribution in [3.05, 3.63) is 29.8 Å². The standard InChI is InChI=1S/C14H19NO4/c1-10(2)19-12-6-4-11(5-7-12)9-15-13(16)8-14(17)18-3/h4-7,10H,8-9H2,1-3H3,(H,15,16). The second-order valence-corrected chi connectivity index (χ2v) is 4.34. The van der Waals surface area contributed by atoms with Gasteiger partial charge in [0.15, 0.2) is 0 Å². The van der Waals surface area contributed by atoms with Crippen LogP contribution in [0.25, 0.3) is 0 Å². The van der Waals surface area contributed by atoms with Crippen molar-refractivity contribution < 1.29 is 19.1 Å². The second kappa shape index (κ2) is 7.41. The van der Waals surface area contributed by atoms with Gasteiger partial charge in [0.05, 0.1) is 13.2 Å². The largest absolute Gasteiger partial charge is 0.491 e. The van der Waals surface area contributed by atoms with E-state index in [1.165, 1.54) is 7.11 Å². The van der Waals surface area contributed by atoms with Crippen LogP contribution in [-0.4, -0.2) is 25.1 Å². The van der Waals surface area contributed by atoms with Crippen molar-refractivity contribution >= 4 is 11.9 Å². The zero-order valence-corrected chi connectivity index (χ0v) is 11.4. The smallest absolute Gasteiger partial charge is 0.315 e. The molecule has 19 heavy (non-hydrogen) atoms. The first kappa shape index (κ1) is 15.0. The van der Waals surface area contributed by atoms with E-state index in [0.29, 0.717) is 6.54 Å². The Morgan fingerprint density at radius 2 is 1.84 bits per heavy atom. The van der Waals surface area contributed by atoms with Crippen LogP contribution in [0, 0.1) is 0 Å². The number of hydrogen-bond acceptors (Lipinski definition) is 4. The molecule has 0 saturated heterocycles. The summed E-state index contributed by atoms with van der Waals surface area (Å²) in [6.07, 6.45) is -0.129. The van der Waals surface area contributed by atoms with Crippen LogP contribution in [-0.2, 0) is 20.9 Å². The highest BCUT2D eigenvalue weighted by Crippen LogP contribution is 2.13. The molecule has 1 rings (SSSR count). The molecule has 0 aliphatic heterocycles.